The zero-order chi connectivity index (χ0) is 29.1. The highest BCUT2D eigenvalue weighted by atomic mass is 35.5. The summed E-state index contributed by atoms with van der Waals surface area (Å²) in [6.45, 7) is 6.32. The van der Waals surface area contributed by atoms with Crippen LogP contribution in [0, 0.1) is 0 Å². The van der Waals surface area contributed by atoms with Crippen molar-refractivity contribution < 1.29 is 17.9 Å². The van der Waals surface area contributed by atoms with Crippen LogP contribution in [0.2, 0.25) is 0 Å². The van der Waals surface area contributed by atoms with E-state index in [1.165, 1.54) is 5.56 Å². The maximum absolute atomic E-state index is 13.2. The predicted molar refractivity (Wildman–Crippen MR) is 172 cm³/mol. The van der Waals surface area contributed by atoms with Crippen molar-refractivity contribution in [1.82, 2.24) is 15.1 Å². The fourth-order valence-corrected chi connectivity index (χ4v) is 5.54. The number of anilines is 1. The van der Waals surface area contributed by atoms with Crippen molar-refractivity contribution in [3.05, 3.63) is 90.0 Å². The Kier molecular flexibility index (Phi) is 13.0. The lowest BCUT2D eigenvalue weighted by atomic mass is 10.0. The van der Waals surface area contributed by atoms with Gasteiger partial charge in [0.2, 0.25) is 10.0 Å². The molecule has 0 aliphatic carbocycles. The third-order valence-corrected chi connectivity index (χ3v) is 7.78. The molecular formula is C32H43ClN4O4S. The van der Waals surface area contributed by atoms with Gasteiger partial charge in [-0.1, -0.05) is 62.2 Å². The molecule has 2 N–H and O–H groups in total. The fourth-order valence-electron chi connectivity index (χ4n) is 4.97. The molecule has 0 saturated carbocycles. The summed E-state index contributed by atoms with van der Waals surface area (Å²) in [5, 5.41) is 3.31. The number of piperidine rings is 1. The van der Waals surface area contributed by atoms with Crippen LogP contribution in [0.3, 0.4) is 0 Å². The summed E-state index contributed by atoms with van der Waals surface area (Å²) in [4.78, 5) is 17.6. The second-order valence-corrected chi connectivity index (χ2v) is 12.5. The molecule has 0 radical (unpaired) electrons. The number of likely N-dealkylation sites (tertiary alicyclic amines) is 1. The summed E-state index contributed by atoms with van der Waals surface area (Å²) in [5.74, 6) is 1.35. The number of carbonyl (C=O) groups excluding carboxylic acids is 1. The Morgan fingerprint density at radius 2 is 1.52 bits per heavy atom. The van der Waals surface area contributed by atoms with Crippen LogP contribution in [-0.2, 0) is 23.1 Å². The molecule has 1 aliphatic heterocycles. The van der Waals surface area contributed by atoms with E-state index in [0.717, 1.165) is 75.9 Å². The summed E-state index contributed by atoms with van der Waals surface area (Å²) in [6.07, 6.45) is 6.28. The maximum Gasteiger partial charge on any atom is 0.317 e. The minimum absolute atomic E-state index is 0. The molecule has 3 aromatic rings. The van der Waals surface area contributed by atoms with Crippen LogP contribution in [-0.4, -0.2) is 56.2 Å². The highest BCUT2D eigenvalue weighted by Gasteiger charge is 2.23. The lowest BCUT2D eigenvalue weighted by Gasteiger charge is -2.34. The number of nitrogens with zero attached hydrogens (tertiary/aromatic N) is 2. The number of urea groups is 1. The second-order valence-electron chi connectivity index (χ2n) is 10.8. The highest BCUT2D eigenvalue weighted by molar-refractivity contribution is 7.92. The van der Waals surface area contributed by atoms with E-state index >= 15 is 0 Å². The topological polar surface area (TPSA) is 91.0 Å². The van der Waals surface area contributed by atoms with E-state index in [4.69, 9.17) is 4.74 Å². The van der Waals surface area contributed by atoms with E-state index in [1.807, 2.05) is 35.2 Å². The number of benzene rings is 3. The third-order valence-electron chi connectivity index (χ3n) is 7.17. The van der Waals surface area contributed by atoms with Crippen molar-refractivity contribution in [3.8, 4) is 11.5 Å². The van der Waals surface area contributed by atoms with Crippen molar-refractivity contribution in [2.24, 2.45) is 0 Å². The number of rotatable bonds is 13. The van der Waals surface area contributed by atoms with Crippen molar-refractivity contribution in [2.45, 2.75) is 58.2 Å². The van der Waals surface area contributed by atoms with Gasteiger partial charge in [0, 0.05) is 44.5 Å². The molecule has 1 heterocycles. The van der Waals surface area contributed by atoms with E-state index in [-0.39, 0.29) is 24.5 Å². The van der Waals surface area contributed by atoms with Gasteiger partial charge in [0.15, 0.2) is 0 Å². The number of unbranched alkanes of at least 4 members (excludes halogenated alkanes) is 2. The molecule has 1 aliphatic rings. The quantitative estimate of drug-likeness (QED) is 0.211. The first kappa shape index (κ1) is 33.2. The van der Waals surface area contributed by atoms with E-state index in [1.54, 1.807) is 24.3 Å². The lowest BCUT2D eigenvalue weighted by molar-refractivity contribution is 0.166. The van der Waals surface area contributed by atoms with Crippen LogP contribution >= 0.6 is 12.4 Å². The average Bonchev–Trinajstić information content (AvgIpc) is 2.95. The van der Waals surface area contributed by atoms with E-state index in [9.17, 15) is 13.2 Å². The van der Waals surface area contributed by atoms with Crippen LogP contribution < -0.4 is 14.8 Å². The Balaban J connectivity index is 0.00000484. The zero-order valence-electron chi connectivity index (χ0n) is 24.5. The van der Waals surface area contributed by atoms with Gasteiger partial charge < -0.3 is 15.0 Å². The first-order valence-electron chi connectivity index (χ1n) is 14.4. The van der Waals surface area contributed by atoms with Crippen LogP contribution in [0.15, 0.2) is 78.9 Å². The van der Waals surface area contributed by atoms with Gasteiger partial charge in [-0.2, -0.15) is 0 Å². The molecule has 4 rings (SSSR count). The van der Waals surface area contributed by atoms with Gasteiger partial charge in [-0.25, -0.2) is 13.2 Å². The van der Waals surface area contributed by atoms with Gasteiger partial charge in [0.05, 0.1) is 6.26 Å². The van der Waals surface area contributed by atoms with Crippen LogP contribution in [0.5, 0.6) is 11.5 Å². The summed E-state index contributed by atoms with van der Waals surface area (Å²) in [6, 6.07) is 25.3. The Morgan fingerprint density at radius 3 is 2.12 bits per heavy atom. The molecule has 228 valence electrons. The molecular weight excluding hydrogens is 572 g/mol. The van der Waals surface area contributed by atoms with Crippen molar-refractivity contribution in [2.75, 3.05) is 30.6 Å². The average molecular weight is 615 g/mol. The first-order chi connectivity index (χ1) is 19.8. The second kappa shape index (κ2) is 16.4. The zero-order valence-corrected chi connectivity index (χ0v) is 26.1. The van der Waals surface area contributed by atoms with E-state index in [2.05, 4.69) is 46.1 Å². The fraction of sp³-hybridized carbons (Fsp3) is 0.406. The molecule has 0 spiro atoms. The number of halogens is 1. The molecule has 0 unspecified atom stereocenters. The van der Waals surface area contributed by atoms with Crippen LogP contribution in [0.25, 0.3) is 0 Å². The number of hydrogen-bond donors (Lipinski definition) is 2. The first-order valence-corrected chi connectivity index (χ1v) is 16.3. The number of amides is 2. The minimum atomic E-state index is -3.31. The molecule has 2 amide bonds. The summed E-state index contributed by atoms with van der Waals surface area (Å²) in [5.41, 5.74) is 2.86. The summed E-state index contributed by atoms with van der Waals surface area (Å²) < 4.78 is 31.1. The van der Waals surface area contributed by atoms with E-state index in [0.29, 0.717) is 18.0 Å². The van der Waals surface area contributed by atoms with Gasteiger partial charge in [0.1, 0.15) is 11.5 Å². The highest BCUT2D eigenvalue weighted by Crippen LogP contribution is 2.24. The van der Waals surface area contributed by atoms with Crippen LogP contribution in [0.4, 0.5) is 10.5 Å². The predicted octanol–water partition coefficient (Wildman–Crippen LogP) is 6.64. The largest absolute Gasteiger partial charge is 0.457 e. The lowest BCUT2D eigenvalue weighted by Crippen LogP contribution is -2.49. The van der Waals surface area contributed by atoms with Gasteiger partial charge >= 0.3 is 6.03 Å². The number of sulfonamides is 1. The summed E-state index contributed by atoms with van der Waals surface area (Å²) >= 11 is 0. The molecule has 0 bridgehead atoms. The number of hydrogen-bond acceptors (Lipinski definition) is 5. The molecule has 10 heteroatoms. The molecule has 0 aromatic heterocycles. The van der Waals surface area contributed by atoms with Crippen molar-refractivity contribution in [3.63, 3.8) is 0 Å². The number of ether oxygens (including phenoxy) is 1. The molecule has 1 saturated heterocycles. The molecule has 1 fully saturated rings. The van der Waals surface area contributed by atoms with Crippen molar-refractivity contribution in [1.29, 1.82) is 0 Å². The molecule has 8 nitrogen and oxygen atoms in total. The van der Waals surface area contributed by atoms with E-state index < -0.39 is 10.0 Å². The molecule has 42 heavy (non-hydrogen) atoms. The maximum atomic E-state index is 13.2. The number of nitrogens with one attached hydrogen (secondary N) is 2. The molecule has 0 atom stereocenters. The van der Waals surface area contributed by atoms with Gasteiger partial charge in [-0.05, 0) is 66.8 Å². The Morgan fingerprint density at radius 1 is 0.905 bits per heavy atom. The Bertz CT molecular complexity index is 1330. The normalized spacial score (nSPS) is 14.0. The molecule has 3 aromatic carbocycles. The van der Waals surface area contributed by atoms with Crippen LogP contribution in [0.1, 0.15) is 50.2 Å². The van der Waals surface area contributed by atoms with Gasteiger partial charge in [-0.15, -0.1) is 12.4 Å². The van der Waals surface area contributed by atoms with Gasteiger partial charge in [-0.3, -0.25) is 9.62 Å². The Labute approximate surface area is 256 Å². The smallest absolute Gasteiger partial charge is 0.317 e. The summed E-state index contributed by atoms with van der Waals surface area (Å²) in [7, 11) is -3.31. The Hall–Kier alpha value is -3.27. The monoisotopic (exact) mass is 614 g/mol. The standard InChI is InChI=1S/C32H42N4O4S.ClH/c1-3-4-8-21-36(25-26-9-6-5-7-10-26)32(37)33-28-19-22-35(23-20-28)24-27-11-15-30(16-12-27)40-31-17-13-29(14-18-31)34-41(2,38)39;/h5-7,9-18,28,34H,3-4,8,19-25H2,1-2H3,(H,33,37);1H. The minimum Gasteiger partial charge on any atom is -0.457 e. The SMILES string of the molecule is CCCCCN(Cc1ccccc1)C(=O)NC1CCN(Cc2ccc(Oc3ccc(NS(C)(=O)=O)cc3)cc2)CC1.Cl. The number of carbonyl (C=O) groups is 1. The third kappa shape index (κ3) is 11.2. The van der Waals surface area contributed by atoms with Gasteiger partial charge in [0.25, 0.3) is 0 Å². The van der Waals surface area contributed by atoms with Crippen molar-refractivity contribution >= 4 is 34.1 Å².